The Morgan fingerprint density at radius 2 is 2.00 bits per heavy atom. The summed E-state index contributed by atoms with van der Waals surface area (Å²) >= 11 is 0. The van der Waals surface area contributed by atoms with E-state index in [9.17, 15) is 0 Å². The van der Waals surface area contributed by atoms with Crippen LogP contribution in [-0.2, 0) is 4.74 Å². The second kappa shape index (κ2) is 2.47. The fraction of sp³-hybridized carbons (Fsp3) is 1.00. The molecule has 2 saturated carbocycles. The third-order valence-corrected chi connectivity index (χ3v) is 4.32. The van der Waals surface area contributed by atoms with Crippen molar-refractivity contribution in [2.45, 2.75) is 51.2 Å². The van der Waals surface area contributed by atoms with Crippen LogP contribution in [-0.4, -0.2) is 12.2 Å². The molecule has 0 aromatic rings. The van der Waals surface area contributed by atoms with E-state index in [2.05, 4.69) is 6.92 Å². The Labute approximate surface area is 74.5 Å². The molecule has 5 atom stereocenters. The zero-order valence-corrected chi connectivity index (χ0v) is 7.83. The van der Waals surface area contributed by atoms with Gasteiger partial charge in [-0.25, -0.2) is 0 Å². The summed E-state index contributed by atoms with van der Waals surface area (Å²) in [5.41, 5.74) is 0. The second-order valence-electron chi connectivity index (χ2n) is 5.01. The van der Waals surface area contributed by atoms with Gasteiger partial charge in [-0.3, -0.25) is 0 Å². The van der Waals surface area contributed by atoms with Crippen LogP contribution in [0.5, 0.6) is 0 Å². The molecule has 3 aliphatic rings. The Kier molecular flexibility index (Phi) is 1.52. The van der Waals surface area contributed by atoms with E-state index in [4.69, 9.17) is 4.74 Å². The zero-order chi connectivity index (χ0) is 8.13. The first-order valence-electron chi connectivity index (χ1n) is 5.50. The van der Waals surface area contributed by atoms with Crippen molar-refractivity contribution in [2.75, 3.05) is 0 Å². The first-order valence-corrected chi connectivity index (χ1v) is 5.50. The van der Waals surface area contributed by atoms with Crippen molar-refractivity contribution in [2.24, 2.45) is 17.8 Å². The van der Waals surface area contributed by atoms with E-state index in [0.717, 1.165) is 17.8 Å². The molecule has 12 heavy (non-hydrogen) atoms. The Bertz CT molecular complexity index is 189. The molecule has 0 radical (unpaired) electrons. The van der Waals surface area contributed by atoms with E-state index in [1.165, 1.54) is 32.1 Å². The number of hydrogen-bond acceptors (Lipinski definition) is 1. The van der Waals surface area contributed by atoms with Gasteiger partial charge in [0, 0.05) is 0 Å². The molecule has 0 aromatic heterocycles. The lowest BCUT2D eigenvalue weighted by molar-refractivity contribution is -0.0822. The topological polar surface area (TPSA) is 9.23 Å². The zero-order valence-electron chi connectivity index (χ0n) is 7.83. The monoisotopic (exact) mass is 166 g/mol. The van der Waals surface area contributed by atoms with Crippen LogP contribution >= 0.6 is 0 Å². The molecule has 0 spiro atoms. The summed E-state index contributed by atoms with van der Waals surface area (Å²) in [6, 6.07) is 0. The molecule has 2 bridgehead atoms. The highest BCUT2D eigenvalue weighted by Gasteiger charge is 2.47. The van der Waals surface area contributed by atoms with Gasteiger partial charge in [0.25, 0.3) is 0 Å². The number of rotatable bonds is 0. The Balaban J connectivity index is 1.85. The van der Waals surface area contributed by atoms with E-state index in [0.29, 0.717) is 12.2 Å². The molecule has 0 amide bonds. The van der Waals surface area contributed by atoms with Gasteiger partial charge in [0.15, 0.2) is 0 Å². The van der Waals surface area contributed by atoms with Crippen LogP contribution < -0.4 is 0 Å². The van der Waals surface area contributed by atoms with E-state index in [1.54, 1.807) is 0 Å². The third-order valence-electron chi connectivity index (χ3n) is 4.32. The molecular formula is C11H18O. The minimum atomic E-state index is 0.649. The quantitative estimate of drug-likeness (QED) is 0.537. The average Bonchev–Trinajstić information content (AvgIpc) is 2.61. The Morgan fingerprint density at radius 1 is 1.08 bits per heavy atom. The maximum absolute atomic E-state index is 6.11. The van der Waals surface area contributed by atoms with Gasteiger partial charge >= 0.3 is 0 Å². The molecule has 0 aromatic carbocycles. The lowest BCUT2D eigenvalue weighted by Crippen LogP contribution is -2.35. The van der Waals surface area contributed by atoms with E-state index in [1.807, 2.05) is 0 Å². The first-order chi connectivity index (χ1) is 5.84. The molecule has 2 aliphatic carbocycles. The predicted molar refractivity (Wildman–Crippen MR) is 47.9 cm³/mol. The van der Waals surface area contributed by atoms with Gasteiger partial charge in [-0.1, -0.05) is 6.92 Å². The summed E-state index contributed by atoms with van der Waals surface area (Å²) in [4.78, 5) is 0. The molecule has 0 N–H and O–H groups in total. The van der Waals surface area contributed by atoms with Crippen molar-refractivity contribution in [3.8, 4) is 0 Å². The SMILES string of the molecule is CC1CCC2C3CCC(C3)OC12. The molecule has 1 nitrogen and oxygen atoms in total. The van der Waals surface area contributed by atoms with E-state index < -0.39 is 0 Å². The Morgan fingerprint density at radius 3 is 2.92 bits per heavy atom. The summed E-state index contributed by atoms with van der Waals surface area (Å²) in [6.45, 7) is 2.37. The molecule has 3 fully saturated rings. The second-order valence-corrected chi connectivity index (χ2v) is 5.01. The molecule has 1 heterocycles. The van der Waals surface area contributed by atoms with Crippen molar-refractivity contribution in [1.29, 1.82) is 0 Å². The Hall–Kier alpha value is -0.0400. The van der Waals surface area contributed by atoms with E-state index >= 15 is 0 Å². The summed E-state index contributed by atoms with van der Waals surface area (Å²) in [5.74, 6) is 2.83. The fourth-order valence-electron chi connectivity index (χ4n) is 3.65. The molecule has 1 aliphatic heterocycles. The summed E-state index contributed by atoms with van der Waals surface area (Å²) in [7, 11) is 0. The third kappa shape index (κ3) is 0.891. The van der Waals surface area contributed by atoms with Crippen LogP contribution in [0.1, 0.15) is 39.0 Å². The van der Waals surface area contributed by atoms with Crippen LogP contribution in [0, 0.1) is 17.8 Å². The van der Waals surface area contributed by atoms with Gasteiger partial charge in [0.05, 0.1) is 12.2 Å². The lowest BCUT2D eigenvalue weighted by atomic mass is 9.85. The summed E-state index contributed by atoms with van der Waals surface area (Å²) in [5, 5.41) is 0. The molecule has 1 saturated heterocycles. The lowest BCUT2D eigenvalue weighted by Gasteiger charge is -2.34. The highest BCUT2D eigenvalue weighted by molar-refractivity contribution is 4.96. The maximum Gasteiger partial charge on any atom is 0.0635 e. The first kappa shape index (κ1) is 7.37. The molecule has 3 rings (SSSR count). The number of fused-ring (bicyclic) bond motifs is 4. The smallest absolute Gasteiger partial charge is 0.0635 e. The van der Waals surface area contributed by atoms with Gasteiger partial charge in [-0.15, -0.1) is 0 Å². The molecule has 68 valence electrons. The van der Waals surface area contributed by atoms with Crippen molar-refractivity contribution >= 4 is 0 Å². The average molecular weight is 166 g/mol. The predicted octanol–water partition coefficient (Wildman–Crippen LogP) is 2.60. The minimum Gasteiger partial charge on any atom is -0.374 e. The standard InChI is InChI=1S/C11H18O/c1-7-2-5-10-8-3-4-9(6-8)12-11(7)10/h7-11H,2-6H2,1H3. The summed E-state index contributed by atoms with van der Waals surface area (Å²) < 4.78 is 6.11. The fourth-order valence-corrected chi connectivity index (χ4v) is 3.65. The van der Waals surface area contributed by atoms with Crippen molar-refractivity contribution in [3.05, 3.63) is 0 Å². The van der Waals surface area contributed by atoms with Crippen molar-refractivity contribution < 1.29 is 4.74 Å². The van der Waals surface area contributed by atoms with Gasteiger partial charge in [0.1, 0.15) is 0 Å². The maximum atomic E-state index is 6.11. The van der Waals surface area contributed by atoms with Gasteiger partial charge < -0.3 is 4.74 Å². The number of ether oxygens (including phenoxy) is 1. The normalized spacial score (nSPS) is 57.2. The largest absolute Gasteiger partial charge is 0.374 e. The highest BCUT2D eigenvalue weighted by atomic mass is 16.5. The van der Waals surface area contributed by atoms with Crippen LogP contribution in [0.4, 0.5) is 0 Å². The number of hydrogen-bond donors (Lipinski definition) is 0. The van der Waals surface area contributed by atoms with Crippen LogP contribution in [0.15, 0.2) is 0 Å². The highest BCUT2D eigenvalue weighted by Crippen LogP contribution is 2.49. The molecule has 5 unspecified atom stereocenters. The van der Waals surface area contributed by atoms with Gasteiger partial charge in [0.2, 0.25) is 0 Å². The van der Waals surface area contributed by atoms with Crippen LogP contribution in [0.3, 0.4) is 0 Å². The van der Waals surface area contributed by atoms with Crippen LogP contribution in [0.25, 0.3) is 0 Å². The van der Waals surface area contributed by atoms with Crippen molar-refractivity contribution in [1.82, 2.24) is 0 Å². The molecular weight excluding hydrogens is 148 g/mol. The summed E-state index contributed by atoms with van der Waals surface area (Å²) in [6.07, 6.45) is 8.35. The minimum absolute atomic E-state index is 0.649. The van der Waals surface area contributed by atoms with Gasteiger partial charge in [-0.05, 0) is 49.9 Å². The van der Waals surface area contributed by atoms with E-state index in [-0.39, 0.29) is 0 Å². The molecule has 1 heteroatoms. The van der Waals surface area contributed by atoms with Crippen molar-refractivity contribution in [3.63, 3.8) is 0 Å². The van der Waals surface area contributed by atoms with Crippen LogP contribution in [0.2, 0.25) is 0 Å². The van der Waals surface area contributed by atoms with Gasteiger partial charge in [-0.2, -0.15) is 0 Å².